The van der Waals surface area contributed by atoms with Gasteiger partial charge in [-0.15, -0.1) is 0 Å². The number of imidazole rings is 1. The number of nitrogens with zero attached hydrogens (tertiary/aromatic N) is 6. The SMILES string of the molecule is COC1=N[C@H](CCn2c(=O)n(C)c3ccc(Nc4ccnc(Cl)c4C#N)cc32)C(OC)=N[C@H]1C(C)C. The summed E-state index contributed by atoms with van der Waals surface area (Å²) in [7, 11) is 4.91. The Morgan fingerprint density at radius 3 is 2.58 bits per heavy atom. The van der Waals surface area contributed by atoms with Crippen LogP contribution in [0.3, 0.4) is 0 Å². The van der Waals surface area contributed by atoms with Crippen LogP contribution in [0.5, 0.6) is 0 Å². The molecule has 0 radical (unpaired) electrons. The summed E-state index contributed by atoms with van der Waals surface area (Å²) in [4.78, 5) is 26.5. The molecule has 0 aliphatic carbocycles. The minimum absolute atomic E-state index is 0.124. The lowest BCUT2D eigenvalue weighted by atomic mass is 10.0. The van der Waals surface area contributed by atoms with Gasteiger partial charge in [-0.1, -0.05) is 25.4 Å². The number of halogens is 1. The zero-order chi connectivity index (χ0) is 26.0. The van der Waals surface area contributed by atoms with E-state index in [1.807, 2.05) is 18.2 Å². The number of methoxy groups -OCH3 is 2. The molecule has 4 rings (SSSR count). The number of aromatic nitrogens is 3. The van der Waals surface area contributed by atoms with Gasteiger partial charge in [-0.3, -0.25) is 9.13 Å². The van der Waals surface area contributed by atoms with Gasteiger partial charge in [0.05, 0.1) is 30.9 Å². The van der Waals surface area contributed by atoms with E-state index in [1.165, 1.54) is 6.20 Å². The third-order valence-corrected chi connectivity index (χ3v) is 6.49. The van der Waals surface area contributed by atoms with Gasteiger partial charge in [0.25, 0.3) is 0 Å². The molecule has 188 valence electrons. The molecule has 10 nitrogen and oxygen atoms in total. The summed E-state index contributed by atoms with van der Waals surface area (Å²) in [6.07, 6.45) is 2.03. The second-order valence-corrected chi connectivity index (χ2v) is 9.15. The van der Waals surface area contributed by atoms with Crippen LogP contribution in [-0.2, 0) is 23.1 Å². The average molecular weight is 510 g/mol. The van der Waals surface area contributed by atoms with Crippen LogP contribution in [0.15, 0.2) is 45.2 Å². The van der Waals surface area contributed by atoms with Crippen LogP contribution in [-0.4, -0.2) is 52.2 Å². The van der Waals surface area contributed by atoms with Crippen LogP contribution in [0.1, 0.15) is 25.8 Å². The molecule has 3 heterocycles. The van der Waals surface area contributed by atoms with E-state index in [0.717, 1.165) is 11.0 Å². The van der Waals surface area contributed by atoms with Crippen molar-refractivity contribution in [3.05, 3.63) is 51.7 Å². The number of rotatable bonds is 6. The highest BCUT2D eigenvalue weighted by Crippen LogP contribution is 2.27. The molecule has 0 amide bonds. The fraction of sp³-hybridized carbons (Fsp3) is 0.400. The highest BCUT2D eigenvalue weighted by atomic mass is 35.5. The number of aliphatic imine (C=N–C) groups is 2. The van der Waals surface area contributed by atoms with Crippen molar-refractivity contribution in [3.8, 4) is 6.07 Å². The van der Waals surface area contributed by atoms with Gasteiger partial charge >= 0.3 is 5.69 Å². The van der Waals surface area contributed by atoms with Crippen molar-refractivity contribution in [1.82, 2.24) is 14.1 Å². The first-order valence-corrected chi connectivity index (χ1v) is 11.9. The van der Waals surface area contributed by atoms with Crippen molar-refractivity contribution in [2.24, 2.45) is 23.0 Å². The van der Waals surface area contributed by atoms with Crippen molar-refractivity contribution in [2.75, 3.05) is 19.5 Å². The molecular formula is C25H28ClN7O3. The lowest BCUT2D eigenvalue weighted by Crippen LogP contribution is -2.38. The minimum atomic E-state index is -0.361. The highest BCUT2D eigenvalue weighted by Gasteiger charge is 2.31. The molecule has 0 saturated heterocycles. The van der Waals surface area contributed by atoms with E-state index in [1.54, 1.807) is 36.5 Å². The Kier molecular flexibility index (Phi) is 7.31. The maximum absolute atomic E-state index is 13.1. The van der Waals surface area contributed by atoms with Crippen LogP contribution < -0.4 is 11.0 Å². The summed E-state index contributed by atoms with van der Waals surface area (Å²) < 4.78 is 14.4. The Bertz CT molecular complexity index is 1450. The zero-order valence-corrected chi connectivity index (χ0v) is 21.6. The number of nitriles is 1. The summed E-state index contributed by atoms with van der Waals surface area (Å²) >= 11 is 6.06. The molecule has 1 aliphatic heterocycles. The normalized spacial score (nSPS) is 17.5. The van der Waals surface area contributed by atoms with E-state index in [0.29, 0.717) is 36.1 Å². The molecule has 0 fully saturated rings. The molecule has 1 N–H and O–H groups in total. The molecule has 0 unspecified atom stereocenters. The molecule has 0 spiro atoms. The lowest BCUT2D eigenvalue weighted by molar-refractivity contribution is 0.328. The number of pyridine rings is 1. The van der Waals surface area contributed by atoms with E-state index < -0.39 is 0 Å². The number of benzene rings is 1. The predicted molar refractivity (Wildman–Crippen MR) is 140 cm³/mol. The quantitative estimate of drug-likeness (QED) is 0.503. The summed E-state index contributed by atoms with van der Waals surface area (Å²) in [5.41, 5.74) is 2.87. The highest BCUT2D eigenvalue weighted by molar-refractivity contribution is 6.31. The zero-order valence-electron chi connectivity index (χ0n) is 20.8. The van der Waals surface area contributed by atoms with Crippen molar-refractivity contribution >= 4 is 45.8 Å². The molecule has 2 atom stereocenters. The number of hydrogen-bond donors (Lipinski definition) is 1. The minimum Gasteiger partial charge on any atom is -0.483 e. The molecular weight excluding hydrogens is 482 g/mol. The van der Waals surface area contributed by atoms with E-state index in [-0.39, 0.29) is 34.4 Å². The van der Waals surface area contributed by atoms with Crippen LogP contribution in [0.4, 0.5) is 11.4 Å². The molecule has 1 aliphatic rings. The number of aryl methyl sites for hydroxylation is 2. The second-order valence-electron chi connectivity index (χ2n) is 8.79. The molecule has 1 aromatic carbocycles. The Morgan fingerprint density at radius 2 is 1.92 bits per heavy atom. The summed E-state index contributed by atoms with van der Waals surface area (Å²) in [5, 5.41) is 12.8. The molecule has 11 heteroatoms. The van der Waals surface area contributed by atoms with Crippen molar-refractivity contribution in [3.63, 3.8) is 0 Å². The smallest absolute Gasteiger partial charge is 0.328 e. The van der Waals surface area contributed by atoms with Crippen LogP contribution >= 0.6 is 11.6 Å². The number of nitrogens with one attached hydrogen (secondary N) is 1. The number of ether oxygens (including phenoxy) is 2. The maximum Gasteiger partial charge on any atom is 0.328 e. The largest absolute Gasteiger partial charge is 0.483 e. The Balaban J connectivity index is 1.65. The van der Waals surface area contributed by atoms with E-state index in [4.69, 9.17) is 31.1 Å². The van der Waals surface area contributed by atoms with E-state index in [2.05, 4.69) is 30.2 Å². The Morgan fingerprint density at radius 1 is 1.17 bits per heavy atom. The standard InChI is InChI=1S/C25H28ClN7O3/c1-14(2)21-24(36-5)30-18(23(31-21)35-4)9-11-33-20-12-15(6-7-19(20)32(3)25(33)34)29-17-8-10-28-22(26)16(17)13-27/h6-8,10,12,14,18,21H,9,11H2,1-5H3,(H,28,29)/t18-,21+/m1/s1. The molecule has 0 bridgehead atoms. The molecule has 3 aromatic rings. The van der Waals surface area contributed by atoms with Gasteiger partial charge in [-0.25, -0.2) is 19.8 Å². The van der Waals surface area contributed by atoms with Gasteiger partial charge in [0.2, 0.25) is 11.8 Å². The van der Waals surface area contributed by atoms with E-state index in [9.17, 15) is 10.1 Å². The number of fused-ring (bicyclic) bond motifs is 1. The first-order valence-electron chi connectivity index (χ1n) is 11.5. The summed E-state index contributed by atoms with van der Waals surface area (Å²) in [5.74, 6) is 1.30. The van der Waals surface area contributed by atoms with Crippen LogP contribution in [0.2, 0.25) is 5.15 Å². The summed E-state index contributed by atoms with van der Waals surface area (Å²) in [6.45, 7) is 4.50. The topological polar surface area (TPSA) is 119 Å². The second kappa shape index (κ2) is 10.4. The third-order valence-electron chi connectivity index (χ3n) is 6.20. The maximum atomic E-state index is 13.1. The number of anilines is 2. The molecule has 0 saturated carbocycles. The van der Waals surface area contributed by atoms with Gasteiger partial charge < -0.3 is 14.8 Å². The van der Waals surface area contributed by atoms with Crippen LogP contribution in [0, 0.1) is 17.2 Å². The van der Waals surface area contributed by atoms with Gasteiger partial charge in [0.1, 0.15) is 28.9 Å². The Labute approximate surface area is 213 Å². The fourth-order valence-electron chi connectivity index (χ4n) is 4.31. The van der Waals surface area contributed by atoms with Crippen molar-refractivity contribution in [2.45, 2.75) is 38.9 Å². The van der Waals surface area contributed by atoms with Crippen LogP contribution in [0.25, 0.3) is 11.0 Å². The first kappa shape index (κ1) is 25.3. The fourth-order valence-corrected chi connectivity index (χ4v) is 4.51. The third kappa shape index (κ3) is 4.66. The lowest BCUT2D eigenvalue weighted by Gasteiger charge is -2.27. The van der Waals surface area contributed by atoms with Crippen molar-refractivity contribution in [1.29, 1.82) is 5.26 Å². The van der Waals surface area contributed by atoms with E-state index >= 15 is 0 Å². The predicted octanol–water partition coefficient (Wildman–Crippen LogP) is 3.89. The average Bonchev–Trinajstić information content (AvgIpc) is 3.10. The Hall–Kier alpha value is -3.84. The van der Waals surface area contributed by atoms with Gasteiger partial charge in [-0.2, -0.15) is 5.26 Å². The first-order chi connectivity index (χ1) is 17.3. The van der Waals surface area contributed by atoms with Gasteiger partial charge in [0.15, 0.2) is 0 Å². The van der Waals surface area contributed by atoms with Gasteiger partial charge in [-0.05, 0) is 36.6 Å². The van der Waals surface area contributed by atoms with Crippen molar-refractivity contribution < 1.29 is 9.47 Å². The summed E-state index contributed by atoms with van der Waals surface area (Å²) in [6, 6.07) is 8.77. The monoisotopic (exact) mass is 509 g/mol. The molecule has 36 heavy (non-hydrogen) atoms. The molecule has 2 aromatic heterocycles. The van der Waals surface area contributed by atoms with Gasteiger partial charge in [0, 0.05) is 25.5 Å². The number of hydrogen-bond acceptors (Lipinski definition) is 8.